The van der Waals surface area contributed by atoms with E-state index in [1.807, 2.05) is 37.9 Å². The quantitative estimate of drug-likeness (QED) is 0.326. The van der Waals surface area contributed by atoms with Crippen molar-refractivity contribution in [2.24, 2.45) is 5.73 Å². The lowest BCUT2D eigenvalue weighted by Gasteiger charge is -2.30. The molecule has 2 unspecified atom stereocenters. The molecule has 5 rings (SSSR count). The molecule has 0 bridgehead atoms. The highest BCUT2D eigenvalue weighted by Crippen LogP contribution is 2.54. The topological polar surface area (TPSA) is 112 Å². The lowest BCUT2D eigenvalue weighted by atomic mass is 9.88. The van der Waals surface area contributed by atoms with Crippen LogP contribution >= 0.6 is 11.8 Å². The van der Waals surface area contributed by atoms with Gasteiger partial charge in [0.05, 0.1) is 28.2 Å². The summed E-state index contributed by atoms with van der Waals surface area (Å²) in [5, 5.41) is 5.61. The predicted octanol–water partition coefficient (Wildman–Crippen LogP) is 5.85. The second-order valence-corrected chi connectivity index (χ2v) is 12.3. The molecule has 9 heteroatoms. The third-order valence-corrected chi connectivity index (χ3v) is 9.15. The number of hydrogen-bond donors (Lipinski definition) is 2. The Bertz CT molecular complexity index is 1370. The first-order valence-electron chi connectivity index (χ1n) is 13.3. The maximum Gasteiger partial charge on any atom is 0.340 e. The van der Waals surface area contributed by atoms with Gasteiger partial charge in [-0.3, -0.25) is 0 Å². The number of pyridine rings is 3. The Balaban J connectivity index is 1.51. The van der Waals surface area contributed by atoms with Gasteiger partial charge in [0.25, 0.3) is 0 Å². The van der Waals surface area contributed by atoms with Crippen LogP contribution in [-0.2, 0) is 15.7 Å². The molecule has 1 fully saturated rings. The van der Waals surface area contributed by atoms with Gasteiger partial charge in [0.2, 0.25) is 5.88 Å². The Kier molecular flexibility index (Phi) is 7.02. The van der Waals surface area contributed by atoms with Gasteiger partial charge in [-0.15, -0.1) is 0 Å². The van der Waals surface area contributed by atoms with Crippen molar-refractivity contribution in [2.75, 3.05) is 11.6 Å². The van der Waals surface area contributed by atoms with Crippen LogP contribution in [0, 0.1) is 0 Å². The van der Waals surface area contributed by atoms with Crippen molar-refractivity contribution in [1.29, 1.82) is 0 Å². The first-order chi connectivity index (χ1) is 18.1. The second-order valence-electron chi connectivity index (χ2n) is 11.0. The highest BCUT2D eigenvalue weighted by atomic mass is 32.2. The molecular weight excluding hydrogens is 498 g/mol. The molecule has 38 heavy (non-hydrogen) atoms. The fourth-order valence-corrected chi connectivity index (χ4v) is 5.70. The number of fused-ring (bicyclic) bond motifs is 3. The van der Waals surface area contributed by atoms with E-state index in [0.717, 1.165) is 47.7 Å². The largest absolute Gasteiger partial charge is 0.474 e. The fourth-order valence-electron chi connectivity index (χ4n) is 5.23. The van der Waals surface area contributed by atoms with E-state index < -0.39 is 5.54 Å². The van der Waals surface area contributed by atoms with Gasteiger partial charge in [0, 0.05) is 23.2 Å². The number of cyclic esters (lactones) is 1. The van der Waals surface area contributed by atoms with Crippen LogP contribution in [0.2, 0.25) is 0 Å². The van der Waals surface area contributed by atoms with Gasteiger partial charge in [-0.2, -0.15) is 11.8 Å². The summed E-state index contributed by atoms with van der Waals surface area (Å²) >= 11 is 1.82. The molecule has 3 aromatic rings. The molecule has 202 valence electrons. The smallest absolute Gasteiger partial charge is 0.340 e. The average Bonchev–Trinajstić information content (AvgIpc) is 3.69. The van der Waals surface area contributed by atoms with Crippen molar-refractivity contribution >= 4 is 40.1 Å². The molecule has 1 spiro atoms. The molecule has 0 amide bonds. The van der Waals surface area contributed by atoms with Crippen molar-refractivity contribution in [3.05, 3.63) is 47.4 Å². The number of ether oxygens (including phenoxy) is 2. The highest BCUT2D eigenvalue weighted by Gasteiger charge is 2.56. The number of anilines is 2. The number of carbonyl (C=O) groups excluding carboxylic acids is 1. The van der Waals surface area contributed by atoms with E-state index >= 15 is 0 Å². The number of carbonyl (C=O) groups is 1. The van der Waals surface area contributed by atoms with E-state index in [9.17, 15) is 4.79 Å². The van der Waals surface area contributed by atoms with Crippen molar-refractivity contribution in [3.63, 3.8) is 0 Å². The van der Waals surface area contributed by atoms with E-state index in [2.05, 4.69) is 42.3 Å². The van der Waals surface area contributed by atoms with Crippen LogP contribution in [0.15, 0.2) is 30.6 Å². The minimum atomic E-state index is -0.569. The summed E-state index contributed by atoms with van der Waals surface area (Å²) in [7, 11) is 0. The van der Waals surface area contributed by atoms with Gasteiger partial charge in [-0.05, 0) is 81.9 Å². The molecular formula is C29H37N5O3S. The fraction of sp³-hybridized carbons (Fsp3) is 0.517. The number of nitrogens with two attached hydrogens (primary N) is 1. The zero-order valence-corrected chi connectivity index (χ0v) is 23.8. The zero-order valence-electron chi connectivity index (χ0n) is 23.0. The summed E-state index contributed by atoms with van der Waals surface area (Å²) < 4.78 is 11.9. The summed E-state index contributed by atoms with van der Waals surface area (Å²) in [5.41, 5.74) is 8.27. The number of hydrogen-bond acceptors (Lipinski definition) is 9. The van der Waals surface area contributed by atoms with Crippen LogP contribution in [-0.4, -0.2) is 44.6 Å². The predicted molar refractivity (Wildman–Crippen MR) is 152 cm³/mol. The van der Waals surface area contributed by atoms with E-state index in [4.69, 9.17) is 20.2 Å². The standard InChI is InChI=1S/C29H37N5O3S/c1-7-28(5,30)22-15-32-26(36-16(2)12-17(3)38-6)21-14-31-24(13-20(21)22)33-23-9-8-19-25(34-23)29(10-11-29)18(4)37-27(19)35/h8-9,13-18H,7,10-12,30H2,1-6H3,(H,31,33,34)/t16-,17?,18?,28-/m1/s1. The van der Waals surface area contributed by atoms with E-state index in [1.165, 1.54) is 0 Å². The van der Waals surface area contributed by atoms with Crippen LogP contribution in [0.25, 0.3) is 10.8 Å². The van der Waals surface area contributed by atoms with Gasteiger partial charge in [-0.25, -0.2) is 19.7 Å². The maximum atomic E-state index is 12.4. The Morgan fingerprint density at radius 1 is 1.24 bits per heavy atom. The van der Waals surface area contributed by atoms with Gasteiger partial charge in [0.1, 0.15) is 17.7 Å². The first-order valence-corrected chi connectivity index (χ1v) is 14.6. The second kappa shape index (κ2) is 10.0. The van der Waals surface area contributed by atoms with Crippen molar-refractivity contribution < 1.29 is 14.3 Å². The number of nitrogens with zero attached hydrogens (tertiary/aromatic N) is 3. The summed E-state index contributed by atoms with van der Waals surface area (Å²) in [6, 6.07) is 5.58. The summed E-state index contributed by atoms with van der Waals surface area (Å²) in [6.07, 6.45) is 9.18. The molecule has 0 aromatic carbocycles. The van der Waals surface area contributed by atoms with E-state index in [1.54, 1.807) is 18.3 Å². The van der Waals surface area contributed by atoms with Crippen molar-refractivity contribution in [1.82, 2.24) is 15.0 Å². The molecule has 1 aliphatic heterocycles. The Morgan fingerprint density at radius 2 is 2.00 bits per heavy atom. The number of nitrogens with one attached hydrogen (secondary N) is 1. The van der Waals surface area contributed by atoms with Crippen LogP contribution in [0.3, 0.4) is 0 Å². The third kappa shape index (κ3) is 4.82. The highest BCUT2D eigenvalue weighted by molar-refractivity contribution is 7.99. The van der Waals surface area contributed by atoms with Gasteiger partial charge in [-0.1, -0.05) is 13.8 Å². The van der Waals surface area contributed by atoms with Gasteiger partial charge in [0.15, 0.2) is 0 Å². The molecule has 8 nitrogen and oxygen atoms in total. The Hall–Kier alpha value is -2.91. The summed E-state index contributed by atoms with van der Waals surface area (Å²) in [6.45, 7) is 10.3. The molecule has 3 N–H and O–H groups in total. The van der Waals surface area contributed by atoms with Gasteiger partial charge < -0.3 is 20.5 Å². The van der Waals surface area contributed by atoms with Crippen LogP contribution in [0.1, 0.15) is 81.9 Å². The average molecular weight is 536 g/mol. The number of thioether (sulfide) groups is 1. The van der Waals surface area contributed by atoms with Crippen molar-refractivity contribution in [2.45, 2.75) is 88.7 Å². The molecule has 0 saturated heterocycles. The first kappa shape index (κ1) is 26.7. The van der Waals surface area contributed by atoms with Crippen LogP contribution in [0.5, 0.6) is 5.88 Å². The maximum absolute atomic E-state index is 12.4. The molecule has 0 radical (unpaired) electrons. The molecule has 1 aliphatic carbocycles. The monoisotopic (exact) mass is 535 g/mol. The summed E-state index contributed by atoms with van der Waals surface area (Å²) in [4.78, 5) is 26.7. The number of esters is 1. The zero-order chi connectivity index (χ0) is 27.2. The Morgan fingerprint density at radius 3 is 2.68 bits per heavy atom. The normalized spacial score (nSPS) is 20.8. The molecule has 4 atom stereocenters. The molecule has 1 saturated carbocycles. The minimum absolute atomic E-state index is 0.00996. The van der Waals surface area contributed by atoms with E-state index in [-0.39, 0.29) is 23.6 Å². The lowest BCUT2D eigenvalue weighted by Crippen LogP contribution is -2.36. The SMILES string of the molecule is CC[C@@](C)(N)c1cnc(O[C@H](C)CC(C)SC)c2cnc(Nc3ccc4c(n3)C3(CC3)C(C)OC4=O)cc12. The summed E-state index contributed by atoms with van der Waals surface area (Å²) in [5.74, 6) is 1.53. The van der Waals surface area contributed by atoms with E-state index in [0.29, 0.717) is 28.3 Å². The van der Waals surface area contributed by atoms with Crippen molar-refractivity contribution in [3.8, 4) is 5.88 Å². The van der Waals surface area contributed by atoms with Crippen LogP contribution in [0.4, 0.5) is 11.6 Å². The molecule has 2 aliphatic rings. The molecule has 4 heterocycles. The minimum Gasteiger partial charge on any atom is -0.474 e. The van der Waals surface area contributed by atoms with Gasteiger partial charge >= 0.3 is 5.97 Å². The number of aromatic nitrogens is 3. The Labute approximate surface area is 228 Å². The number of rotatable bonds is 9. The van der Waals surface area contributed by atoms with Crippen LogP contribution < -0.4 is 15.8 Å². The lowest BCUT2D eigenvalue weighted by molar-refractivity contribution is 0.0183. The molecule has 3 aromatic heterocycles. The third-order valence-electron chi connectivity index (χ3n) is 8.16.